The molecule has 1 heterocycles. The number of hydrogen-bond donors (Lipinski definition) is 1. The summed E-state index contributed by atoms with van der Waals surface area (Å²) in [5.74, 6) is 0.413. The van der Waals surface area contributed by atoms with Gasteiger partial charge in [0, 0.05) is 15.1 Å². The number of hydrogen-bond acceptors (Lipinski definition) is 2. The van der Waals surface area contributed by atoms with Crippen LogP contribution in [0.2, 0.25) is 0 Å². The average molecular weight is 301 g/mol. The number of fused-ring (bicyclic) bond motifs is 1. The van der Waals surface area contributed by atoms with Crippen LogP contribution in [0.15, 0.2) is 27.6 Å². The van der Waals surface area contributed by atoms with Crippen LogP contribution in [0.3, 0.4) is 0 Å². The number of carboxylic acids is 1. The zero-order chi connectivity index (χ0) is 11.7. The molecule has 0 fully saturated rings. The van der Waals surface area contributed by atoms with E-state index in [1.807, 2.05) is 17.8 Å². The highest BCUT2D eigenvalue weighted by molar-refractivity contribution is 9.10. The topological polar surface area (TPSA) is 37.3 Å². The minimum atomic E-state index is -0.701. The van der Waals surface area contributed by atoms with Crippen molar-refractivity contribution in [1.29, 1.82) is 0 Å². The Bertz CT molecular complexity index is 419. The van der Waals surface area contributed by atoms with Gasteiger partial charge in [-0.3, -0.25) is 4.79 Å². The molecule has 0 aromatic heterocycles. The summed E-state index contributed by atoms with van der Waals surface area (Å²) in [5, 5.41) is 8.93. The zero-order valence-corrected chi connectivity index (χ0v) is 11.3. The summed E-state index contributed by atoms with van der Waals surface area (Å²) in [5.41, 5.74) is 1.30. The Kier molecular flexibility index (Phi) is 3.60. The van der Waals surface area contributed by atoms with Crippen LogP contribution in [0.25, 0.3) is 0 Å². The smallest absolute Gasteiger partial charge is 0.306 e. The van der Waals surface area contributed by atoms with Crippen LogP contribution in [0.5, 0.6) is 0 Å². The standard InChI is InChI=1S/C12H13BrO2S/c1-7(12(14)15)4-8-6-16-11-3-2-9(13)5-10(8)11/h2-3,5,7-8H,4,6H2,1H3,(H,14,15). The Morgan fingerprint density at radius 2 is 2.44 bits per heavy atom. The van der Waals surface area contributed by atoms with Crippen LogP contribution in [0.1, 0.15) is 24.8 Å². The molecule has 16 heavy (non-hydrogen) atoms. The van der Waals surface area contributed by atoms with E-state index in [1.54, 1.807) is 6.92 Å². The maximum atomic E-state index is 10.8. The van der Waals surface area contributed by atoms with Crippen molar-refractivity contribution in [3.05, 3.63) is 28.2 Å². The summed E-state index contributed by atoms with van der Waals surface area (Å²) in [6.45, 7) is 1.78. The third-order valence-electron chi connectivity index (χ3n) is 2.91. The molecule has 1 aliphatic rings. The molecule has 0 spiro atoms. The number of rotatable bonds is 3. The van der Waals surface area contributed by atoms with Gasteiger partial charge in [0.2, 0.25) is 0 Å². The first-order chi connectivity index (χ1) is 7.58. The summed E-state index contributed by atoms with van der Waals surface area (Å²) >= 11 is 5.29. The second-order valence-electron chi connectivity index (χ2n) is 4.17. The van der Waals surface area contributed by atoms with E-state index in [1.165, 1.54) is 10.5 Å². The maximum Gasteiger partial charge on any atom is 0.306 e. The minimum Gasteiger partial charge on any atom is -0.481 e. The van der Waals surface area contributed by atoms with E-state index in [2.05, 4.69) is 28.1 Å². The predicted octanol–water partition coefficient (Wildman–Crippen LogP) is 3.75. The second-order valence-corrected chi connectivity index (χ2v) is 6.14. The Labute approximate surface area is 108 Å². The molecular formula is C12H13BrO2S. The van der Waals surface area contributed by atoms with Crippen LogP contribution in [-0.2, 0) is 4.79 Å². The van der Waals surface area contributed by atoms with Crippen molar-refractivity contribution in [2.45, 2.75) is 24.2 Å². The van der Waals surface area contributed by atoms with Crippen molar-refractivity contribution >= 4 is 33.7 Å². The largest absolute Gasteiger partial charge is 0.481 e. The Morgan fingerprint density at radius 1 is 1.69 bits per heavy atom. The normalized spacial score (nSPS) is 20.5. The highest BCUT2D eigenvalue weighted by atomic mass is 79.9. The van der Waals surface area contributed by atoms with E-state index in [0.29, 0.717) is 5.92 Å². The lowest BCUT2D eigenvalue weighted by molar-refractivity contribution is -0.141. The maximum absolute atomic E-state index is 10.8. The molecule has 0 radical (unpaired) electrons. The molecule has 86 valence electrons. The number of aliphatic carboxylic acids is 1. The van der Waals surface area contributed by atoms with Gasteiger partial charge in [-0.05, 0) is 36.1 Å². The summed E-state index contributed by atoms with van der Waals surface area (Å²) in [4.78, 5) is 12.1. The third-order valence-corrected chi connectivity index (χ3v) is 4.66. The summed E-state index contributed by atoms with van der Waals surface area (Å²) in [6, 6.07) is 6.26. The quantitative estimate of drug-likeness (QED) is 0.924. The third kappa shape index (κ3) is 2.43. The van der Waals surface area contributed by atoms with Crippen molar-refractivity contribution in [2.75, 3.05) is 5.75 Å². The molecule has 0 amide bonds. The van der Waals surface area contributed by atoms with E-state index in [0.717, 1.165) is 16.6 Å². The van der Waals surface area contributed by atoms with E-state index in [9.17, 15) is 4.79 Å². The average Bonchev–Trinajstić information content (AvgIpc) is 2.61. The van der Waals surface area contributed by atoms with Crippen LogP contribution >= 0.6 is 27.7 Å². The molecule has 0 saturated carbocycles. The van der Waals surface area contributed by atoms with Crippen LogP contribution in [0, 0.1) is 5.92 Å². The molecule has 2 nitrogen and oxygen atoms in total. The van der Waals surface area contributed by atoms with Gasteiger partial charge >= 0.3 is 5.97 Å². The minimum absolute atomic E-state index is 0.268. The second kappa shape index (κ2) is 4.80. The van der Waals surface area contributed by atoms with Gasteiger partial charge < -0.3 is 5.11 Å². The lowest BCUT2D eigenvalue weighted by atomic mass is 9.91. The number of halogens is 1. The SMILES string of the molecule is CC(CC1CSc2ccc(Br)cc21)C(=O)O. The summed E-state index contributed by atoms with van der Waals surface area (Å²) < 4.78 is 1.07. The van der Waals surface area contributed by atoms with Crippen molar-refractivity contribution in [3.63, 3.8) is 0 Å². The fraction of sp³-hybridized carbons (Fsp3) is 0.417. The summed E-state index contributed by atoms with van der Waals surface area (Å²) in [7, 11) is 0. The van der Waals surface area contributed by atoms with Gasteiger partial charge in [0.15, 0.2) is 0 Å². The van der Waals surface area contributed by atoms with Gasteiger partial charge in [0.1, 0.15) is 0 Å². The Balaban J connectivity index is 2.17. The highest BCUT2D eigenvalue weighted by Crippen LogP contribution is 2.43. The molecule has 0 saturated heterocycles. The molecule has 2 rings (SSSR count). The van der Waals surface area contributed by atoms with E-state index in [-0.39, 0.29) is 5.92 Å². The lowest BCUT2D eigenvalue weighted by Gasteiger charge is -2.13. The Hall–Kier alpha value is -0.480. The first-order valence-corrected chi connectivity index (χ1v) is 7.01. The highest BCUT2D eigenvalue weighted by Gasteiger charge is 2.26. The molecule has 1 N–H and O–H groups in total. The number of carboxylic acid groups (broad SMARTS) is 1. The number of benzene rings is 1. The van der Waals surface area contributed by atoms with Crippen LogP contribution in [-0.4, -0.2) is 16.8 Å². The van der Waals surface area contributed by atoms with Crippen LogP contribution < -0.4 is 0 Å². The van der Waals surface area contributed by atoms with Gasteiger partial charge in [-0.25, -0.2) is 0 Å². The van der Waals surface area contributed by atoms with Crippen molar-refractivity contribution in [1.82, 2.24) is 0 Å². The predicted molar refractivity (Wildman–Crippen MR) is 69.0 cm³/mol. The van der Waals surface area contributed by atoms with Crippen LogP contribution in [0.4, 0.5) is 0 Å². The van der Waals surface area contributed by atoms with Crippen molar-refractivity contribution in [3.8, 4) is 0 Å². The molecule has 2 unspecified atom stereocenters. The van der Waals surface area contributed by atoms with Gasteiger partial charge in [-0.15, -0.1) is 11.8 Å². The first kappa shape index (κ1) is 12.0. The molecule has 1 aromatic carbocycles. The zero-order valence-electron chi connectivity index (χ0n) is 8.94. The van der Waals surface area contributed by atoms with Gasteiger partial charge in [-0.1, -0.05) is 22.9 Å². The molecular weight excluding hydrogens is 288 g/mol. The van der Waals surface area contributed by atoms with Crippen molar-refractivity contribution in [2.24, 2.45) is 5.92 Å². The molecule has 4 heteroatoms. The number of thioether (sulfide) groups is 1. The fourth-order valence-electron chi connectivity index (χ4n) is 1.97. The van der Waals surface area contributed by atoms with E-state index < -0.39 is 5.97 Å². The first-order valence-electron chi connectivity index (χ1n) is 5.23. The number of carbonyl (C=O) groups is 1. The molecule has 2 atom stereocenters. The molecule has 1 aromatic rings. The Morgan fingerprint density at radius 3 is 3.12 bits per heavy atom. The van der Waals surface area contributed by atoms with Crippen molar-refractivity contribution < 1.29 is 9.90 Å². The lowest BCUT2D eigenvalue weighted by Crippen LogP contribution is -2.13. The fourth-order valence-corrected chi connectivity index (χ4v) is 3.60. The van der Waals surface area contributed by atoms with E-state index >= 15 is 0 Å². The van der Waals surface area contributed by atoms with Gasteiger partial charge in [-0.2, -0.15) is 0 Å². The molecule has 0 bridgehead atoms. The van der Waals surface area contributed by atoms with E-state index in [4.69, 9.17) is 5.11 Å². The van der Waals surface area contributed by atoms with Gasteiger partial charge in [0.25, 0.3) is 0 Å². The summed E-state index contributed by atoms with van der Waals surface area (Å²) in [6.07, 6.45) is 0.728. The molecule has 0 aliphatic carbocycles. The monoisotopic (exact) mass is 300 g/mol. The van der Waals surface area contributed by atoms with Gasteiger partial charge in [0.05, 0.1) is 5.92 Å². The molecule has 1 aliphatic heterocycles.